The molecule has 2 bridgehead atoms. The third-order valence-corrected chi connectivity index (χ3v) is 6.20. The van der Waals surface area contributed by atoms with Crippen LogP contribution in [-0.2, 0) is 0 Å². The maximum absolute atomic E-state index is 6.20. The minimum Gasteiger partial charge on any atom is -0.362 e. The van der Waals surface area contributed by atoms with Gasteiger partial charge in [-0.2, -0.15) is 0 Å². The molecule has 0 saturated carbocycles. The second kappa shape index (κ2) is 5.99. The molecule has 23 heavy (non-hydrogen) atoms. The second-order valence-corrected chi connectivity index (χ2v) is 7.65. The Kier molecular flexibility index (Phi) is 4.47. The van der Waals surface area contributed by atoms with Gasteiger partial charge in [0.15, 0.2) is 11.4 Å². The Morgan fingerprint density at radius 2 is 1.96 bits per heavy atom. The molecule has 1 atom stereocenters. The zero-order chi connectivity index (χ0) is 15.5. The lowest BCUT2D eigenvalue weighted by Gasteiger charge is -2.56. The maximum atomic E-state index is 6.20. The fourth-order valence-corrected chi connectivity index (χ4v) is 4.42. The largest absolute Gasteiger partial charge is 0.362 e. The van der Waals surface area contributed by atoms with Gasteiger partial charge >= 0.3 is 0 Å². The molecule has 126 valence electrons. The Balaban J connectivity index is 0.00000156. The summed E-state index contributed by atoms with van der Waals surface area (Å²) in [6, 6.07) is 4.06. The van der Waals surface area contributed by atoms with Crippen LogP contribution >= 0.6 is 35.6 Å². The van der Waals surface area contributed by atoms with Crippen molar-refractivity contribution in [3.8, 4) is 0 Å². The number of hydrogen-bond acceptors (Lipinski definition) is 4. The molecular weight excluding hydrogens is 357 g/mol. The van der Waals surface area contributed by atoms with E-state index in [2.05, 4.69) is 29.2 Å². The Labute approximate surface area is 151 Å². The molecule has 2 aromatic rings. The molecule has 0 spiro atoms. The van der Waals surface area contributed by atoms with Gasteiger partial charge in [-0.1, -0.05) is 28.4 Å². The molecule has 1 N–H and O–H groups in total. The van der Waals surface area contributed by atoms with Gasteiger partial charge in [0.05, 0.1) is 10.4 Å². The number of nitrogens with zero attached hydrogens (tertiary/aromatic N) is 2. The quantitative estimate of drug-likeness (QED) is 0.814. The molecular formula is C16H20Cl3N3O. The molecule has 1 aromatic carbocycles. The first-order chi connectivity index (χ1) is 10.5. The highest BCUT2D eigenvalue weighted by atomic mass is 35.5. The van der Waals surface area contributed by atoms with E-state index in [1.807, 2.05) is 6.07 Å². The van der Waals surface area contributed by atoms with Crippen LogP contribution in [0.3, 0.4) is 0 Å². The summed E-state index contributed by atoms with van der Waals surface area (Å²) in [5.74, 6) is 1.44. The average molecular weight is 377 g/mol. The Morgan fingerprint density at radius 3 is 2.61 bits per heavy atom. The van der Waals surface area contributed by atoms with Gasteiger partial charge in [-0.25, -0.2) is 0 Å². The highest BCUT2D eigenvalue weighted by molar-refractivity contribution is 6.45. The number of halogens is 3. The van der Waals surface area contributed by atoms with Crippen molar-refractivity contribution in [1.29, 1.82) is 0 Å². The zero-order valence-electron chi connectivity index (χ0n) is 13.1. The van der Waals surface area contributed by atoms with Crippen LogP contribution in [0.2, 0.25) is 10.0 Å². The van der Waals surface area contributed by atoms with Crippen molar-refractivity contribution in [2.75, 3.05) is 18.4 Å². The number of rotatable bonds is 2. The number of anilines is 1. The number of aromatic nitrogens is 1. The van der Waals surface area contributed by atoms with E-state index in [0.29, 0.717) is 27.6 Å². The standard InChI is InChI=1S/C16H19Cl2N3O.ClH/c1-16(2)14(9-5-7-21(16)8-6-9)19-15-10-3-4-11(17)12(18)13(10)22-20-15;/h3-4,9,14H,5-8H2,1-2H3,(H,19,20);1H. The number of hydrogen-bond donors (Lipinski definition) is 1. The van der Waals surface area contributed by atoms with E-state index < -0.39 is 0 Å². The summed E-state index contributed by atoms with van der Waals surface area (Å²) in [4.78, 5) is 2.57. The molecule has 3 fully saturated rings. The van der Waals surface area contributed by atoms with Gasteiger partial charge in [0, 0.05) is 11.6 Å². The van der Waals surface area contributed by atoms with E-state index in [1.54, 1.807) is 6.07 Å². The van der Waals surface area contributed by atoms with E-state index >= 15 is 0 Å². The van der Waals surface area contributed by atoms with E-state index in [9.17, 15) is 0 Å². The number of nitrogens with one attached hydrogen (secondary N) is 1. The fourth-order valence-electron chi connectivity index (χ4n) is 4.08. The molecule has 0 radical (unpaired) electrons. The summed E-state index contributed by atoms with van der Waals surface area (Å²) < 4.78 is 5.41. The Bertz CT molecular complexity index is 723. The van der Waals surface area contributed by atoms with Crippen LogP contribution in [0.4, 0.5) is 5.82 Å². The first-order valence-corrected chi connectivity index (χ1v) is 8.49. The summed E-state index contributed by atoms with van der Waals surface area (Å²) in [5, 5.41) is 9.62. The molecule has 1 aromatic heterocycles. The molecule has 0 amide bonds. The topological polar surface area (TPSA) is 41.3 Å². The van der Waals surface area contributed by atoms with Gasteiger partial charge in [0.1, 0.15) is 5.02 Å². The predicted molar refractivity (Wildman–Crippen MR) is 97.1 cm³/mol. The third-order valence-electron chi connectivity index (χ3n) is 5.41. The molecule has 3 saturated heterocycles. The van der Waals surface area contributed by atoms with E-state index in [1.165, 1.54) is 25.9 Å². The van der Waals surface area contributed by atoms with E-state index in [4.69, 9.17) is 27.7 Å². The lowest BCUT2D eigenvalue weighted by atomic mass is 9.72. The molecule has 7 heteroatoms. The van der Waals surface area contributed by atoms with Crippen LogP contribution < -0.4 is 5.32 Å². The maximum Gasteiger partial charge on any atom is 0.189 e. The Hall–Kier alpha value is -0.680. The van der Waals surface area contributed by atoms with Gasteiger partial charge in [0.25, 0.3) is 0 Å². The average Bonchev–Trinajstić information content (AvgIpc) is 2.91. The molecule has 5 rings (SSSR count). The van der Waals surface area contributed by atoms with Crippen LogP contribution in [0, 0.1) is 5.92 Å². The van der Waals surface area contributed by atoms with E-state index in [0.717, 1.165) is 11.2 Å². The molecule has 3 aliphatic heterocycles. The van der Waals surface area contributed by atoms with Crippen molar-refractivity contribution in [2.45, 2.75) is 38.3 Å². The van der Waals surface area contributed by atoms with Gasteiger partial charge in [-0.05, 0) is 57.8 Å². The molecule has 3 aliphatic rings. The number of benzene rings is 1. The van der Waals surface area contributed by atoms with Crippen LogP contribution in [0.25, 0.3) is 11.0 Å². The molecule has 0 aliphatic carbocycles. The highest BCUT2D eigenvalue weighted by Gasteiger charge is 2.47. The van der Waals surface area contributed by atoms with Gasteiger partial charge < -0.3 is 9.84 Å². The van der Waals surface area contributed by atoms with Gasteiger partial charge in [-0.15, -0.1) is 12.4 Å². The van der Waals surface area contributed by atoms with Crippen molar-refractivity contribution in [3.63, 3.8) is 0 Å². The minimum atomic E-state index is 0. The highest BCUT2D eigenvalue weighted by Crippen LogP contribution is 2.42. The lowest BCUT2D eigenvalue weighted by molar-refractivity contribution is -0.0189. The van der Waals surface area contributed by atoms with Crippen LogP contribution in [-0.4, -0.2) is 34.7 Å². The molecule has 1 unspecified atom stereocenters. The fraction of sp³-hybridized carbons (Fsp3) is 0.562. The van der Waals surface area contributed by atoms with Gasteiger partial charge in [-0.3, -0.25) is 4.90 Å². The SMILES string of the molecule is CC1(C)C(Nc2noc3c(Cl)c(Cl)ccc23)C2CCN1CC2.Cl. The monoisotopic (exact) mass is 375 g/mol. The van der Waals surface area contributed by atoms with Crippen LogP contribution in [0.15, 0.2) is 16.7 Å². The van der Waals surface area contributed by atoms with Crippen molar-refractivity contribution >= 4 is 52.4 Å². The summed E-state index contributed by atoms with van der Waals surface area (Å²) in [7, 11) is 0. The predicted octanol–water partition coefficient (Wildman–Crippen LogP) is 4.84. The Morgan fingerprint density at radius 1 is 1.26 bits per heavy atom. The number of piperidine rings is 3. The summed E-state index contributed by atoms with van der Waals surface area (Å²) in [5.41, 5.74) is 0.665. The van der Waals surface area contributed by atoms with Crippen LogP contribution in [0.5, 0.6) is 0 Å². The van der Waals surface area contributed by atoms with Crippen molar-refractivity contribution in [2.24, 2.45) is 5.92 Å². The summed E-state index contributed by atoms with van der Waals surface area (Å²) in [6.07, 6.45) is 2.48. The first kappa shape index (κ1) is 17.2. The van der Waals surface area contributed by atoms with Crippen molar-refractivity contribution in [3.05, 3.63) is 22.2 Å². The van der Waals surface area contributed by atoms with Crippen LogP contribution in [0.1, 0.15) is 26.7 Å². The summed E-state index contributed by atoms with van der Waals surface area (Å²) in [6.45, 7) is 7.00. The first-order valence-electron chi connectivity index (χ1n) is 7.73. The normalized spacial score (nSPS) is 28.6. The third kappa shape index (κ3) is 2.60. The lowest BCUT2D eigenvalue weighted by Crippen LogP contribution is -2.66. The van der Waals surface area contributed by atoms with Crippen molar-refractivity contribution in [1.82, 2.24) is 10.1 Å². The van der Waals surface area contributed by atoms with E-state index in [-0.39, 0.29) is 17.9 Å². The van der Waals surface area contributed by atoms with Gasteiger partial charge in [0.2, 0.25) is 0 Å². The molecule has 4 heterocycles. The van der Waals surface area contributed by atoms with Crippen molar-refractivity contribution < 1.29 is 4.52 Å². The number of fused-ring (bicyclic) bond motifs is 4. The minimum absolute atomic E-state index is 0. The smallest absolute Gasteiger partial charge is 0.189 e. The second-order valence-electron chi connectivity index (χ2n) is 6.87. The summed E-state index contributed by atoms with van der Waals surface area (Å²) >= 11 is 12.2. The molecule has 4 nitrogen and oxygen atoms in total. The zero-order valence-corrected chi connectivity index (χ0v) is 15.4.